The molecule has 0 atom stereocenters. The number of hydrogen-bond donors (Lipinski definition) is 0. The molecule has 15 heavy (non-hydrogen) atoms. The molecular weight excluding hydrogens is 180 g/mol. The quantitative estimate of drug-likeness (QED) is 0.629. The van der Waals surface area contributed by atoms with Gasteiger partial charge in [-0.25, -0.2) is 0 Å². The summed E-state index contributed by atoms with van der Waals surface area (Å²) in [4.78, 5) is 0. The molecule has 1 aromatic carbocycles. The highest BCUT2D eigenvalue weighted by Crippen LogP contribution is 2.14. The van der Waals surface area contributed by atoms with Crippen LogP contribution < -0.4 is 0 Å². The van der Waals surface area contributed by atoms with E-state index < -0.39 is 0 Å². The molecule has 0 bridgehead atoms. The Labute approximate surface area is 95.0 Å². The topological polar surface area (TPSA) is 0 Å². The zero-order valence-corrected chi connectivity index (χ0v) is 10.8. The van der Waals surface area contributed by atoms with Gasteiger partial charge in [-0.2, -0.15) is 0 Å². The van der Waals surface area contributed by atoms with Crippen molar-refractivity contribution in [3.8, 4) is 0 Å². The molecule has 0 fully saturated rings. The highest BCUT2D eigenvalue weighted by molar-refractivity contribution is 5.63. The fourth-order valence-electron chi connectivity index (χ4n) is 1.17. The molecule has 1 rings (SSSR count). The van der Waals surface area contributed by atoms with Crippen molar-refractivity contribution in [2.45, 2.75) is 47.5 Å². The maximum Gasteiger partial charge on any atom is -0.0230 e. The molecule has 0 N–H and O–H groups in total. The van der Waals surface area contributed by atoms with Crippen molar-refractivity contribution in [1.29, 1.82) is 0 Å². The van der Waals surface area contributed by atoms with Crippen molar-refractivity contribution < 1.29 is 0 Å². The maximum atomic E-state index is 2.20. The molecule has 0 aliphatic rings. The molecule has 0 heteroatoms. The molecule has 84 valence electrons. The van der Waals surface area contributed by atoms with E-state index >= 15 is 0 Å². The van der Waals surface area contributed by atoms with Gasteiger partial charge in [0.15, 0.2) is 0 Å². The van der Waals surface area contributed by atoms with Crippen LogP contribution in [0.1, 0.15) is 52.2 Å². The third kappa shape index (κ3) is 5.41. The molecule has 0 heterocycles. The summed E-state index contributed by atoms with van der Waals surface area (Å²) in [6, 6.07) is 8.77. The Morgan fingerprint density at radius 1 is 1.07 bits per heavy atom. The van der Waals surface area contributed by atoms with Gasteiger partial charge in [-0.15, -0.1) is 0 Å². The first-order valence-electron chi connectivity index (χ1n) is 5.91. The third-order valence-corrected chi connectivity index (χ3v) is 2.25. The van der Waals surface area contributed by atoms with Crippen molar-refractivity contribution in [1.82, 2.24) is 0 Å². The van der Waals surface area contributed by atoms with Crippen molar-refractivity contribution in [3.05, 3.63) is 41.5 Å². The van der Waals surface area contributed by atoms with E-state index in [1.807, 2.05) is 0 Å². The molecule has 0 saturated carbocycles. The highest BCUT2D eigenvalue weighted by atomic mass is 14.0. The number of rotatable bonds is 2. The smallest absolute Gasteiger partial charge is 0.0230 e. The Morgan fingerprint density at radius 3 is 1.87 bits per heavy atom. The zero-order valence-electron chi connectivity index (χ0n) is 10.8. The summed E-state index contributed by atoms with van der Waals surface area (Å²) >= 11 is 0. The van der Waals surface area contributed by atoms with Crippen LogP contribution in [0, 0.1) is 0 Å². The Bertz CT molecular complexity index is 277. The van der Waals surface area contributed by atoms with Crippen LogP contribution >= 0.6 is 0 Å². The molecule has 0 amide bonds. The first kappa shape index (κ1) is 14.0. The van der Waals surface area contributed by atoms with Gasteiger partial charge in [-0.05, 0) is 37.0 Å². The van der Waals surface area contributed by atoms with Gasteiger partial charge in [0, 0.05) is 0 Å². The fraction of sp³-hybridized carbons (Fsp3) is 0.467. The van der Waals surface area contributed by atoms with Gasteiger partial charge >= 0.3 is 0 Å². The Hall–Kier alpha value is -1.04. The zero-order chi connectivity index (χ0) is 11.7. The fourth-order valence-corrected chi connectivity index (χ4v) is 1.17. The third-order valence-electron chi connectivity index (χ3n) is 2.25. The van der Waals surface area contributed by atoms with Gasteiger partial charge in [0.1, 0.15) is 0 Å². The Morgan fingerprint density at radius 2 is 1.53 bits per heavy atom. The first-order chi connectivity index (χ1) is 7.19. The lowest BCUT2D eigenvalue weighted by Gasteiger charge is -2.01. The van der Waals surface area contributed by atoms with Crippen molar-refractivity contribution >= 4 is 5.57 Å². The van der Waals surface area contributed by atoms with Crippen LogP contribution in [0.15, 0.2) is 30.3 Å². The highest BCUT2D eigenvalue weighted by Gasteiger charge is 1.93. The number of hydrogen-bond acceptors (Lipinski definition) is 0. The maximum absolute atomic E-state index is 2.20. The average Bonchev–Trinajstić information content (AvgIpc) is 2.29. The molecule has 0 aliphatic carbocycles. The second-order valence-corrected chi connectivity index (χ2v) is 3.73. The second kappa shape index (κ2) is 8.28. The lowest BCUT2D eigenvalue weighted by Crippen LogP contribution is -1.82. The molecule has 0 radical (unpaired) electrons. The van der Waals surface area contributed by atoms with E-state index in [4.69, 9.17) is 0 Å². The van der Waals surface area contributed by atoms with E-state index in [0.717, 1.165) is 6.42 Å². The predicted octanol–water partition coefficient (Wildman–Crippen LogP) is 5.09. The summed E-state index contributed by atoms with van der Waals surface area (Å²) in [5, 5.41) is 0. The van der Waals surface area contributed by atoms with Crippen molar-refractivity contribution in [2.24, 2.45) is 0 Å². The molecule has 0 unspecified atom stereocenters. The lowest BCUT2D eigenvalue weighted by atomic mass is 10.0. The van der Waals surface area contributed by atoms with Crippen LogP contribution in [0.25, 0.3) is 5.57 Å². The normalized spacial score (nSPS) is 10.6. The SMILES string of the molecule is C/C=C(\C)c1ccc(CC)cc1.CCC. The van der Waals surface area contributed by atoms with Crippen molar-refractivity contribution in [3.63, 3.8) is 0 Å². The van der Waals surface area contributed by atoms with Gasteiger partial charge in [-0.3, -0.25) is 0 Å². The van der Waals surface area contributed by atoms with Gasteiger partial charge in [-0.1, -0.05) is 57.5 Å². The van der Waals surface area contributed by atoms with E-state index in [1.165, 1.54) is 23.1 Å². The van der Waals surface area contributed by atoms with Crippen LogP contribution in [0.3, 0.4) is 0 Å². The van der Waals surface area contributed by atoms with E-state index in [-0.39, 0.29) is 0 Å². The van der Waals surface area contributed by atoms with Gasteiger partial charge in [0.25, 0.3) is 0 Å². The molecule has 0 saturated heterocycles. The monoisotopic (exact) mass is 204 g/mol. The van der Waals surface area contributed by atoms with Gasteiger partial charge in [0.05, 0.1) is 0 Å². The van der Waals surface area contributed by atoms with E-state index in [0.29, 0.717) is 0 Å². The van der Waals surface area contributed by atoms with Crippen LogP contribution in [0.5, 0.6) is 0 Å². The minimum atomic E-state index is 1.12. The summed E-state index contributed by atoms with van der Waals surface area (Å²) in [5.41, 5.74) is 4.08. The molecular formula is C15H24. The summed E-state index contributed by atoms with van der Waals surface area (Å²) in [7, 11) is 0. The predicted molar refractivity (Wildman–Crippen MR) is 71.1 cm³/mol. The summed E-state index contributed by atoms with van der Waals surface area (Å²) in [6.07, 6.45) is 4.51. The average molecular weight is 204 g/mol. The second-order valence-electron chi connectivity index (χ2n) is 3.73. The summed E-state index contributed by atoms with van der Waals surface area (Å²) in [5.74, 6) is 0. The minimum absolute atomic E-state index is 1.12. The van der Waals surface area contributed by atoms with Crippen molar-refractivity contribution in [2.75, 3.05) is 0 Å². The molecule has 0 spiro atoms. The van der Waals surface area contributed by atoms with E-state index in [1.54, 1.807) is 0 Å². The molecule has 0 aromatic heterocycles. The summed E-state index contributed by atoms with van der Waals surface area (Å²) < 4.78 is 0. The number of aryl methyl sites for hydroxylation is 1. The Balaban J connectivity index is 0.000000583. The standard InChI is InChI=1S/C12H16.C3H8/c1-4-10(3)12-8-6-11(5-2)7-9-12;1-3-2/h4,6-9H,5H2,1-3H3;3H2,1-2H3/b10-4+;. The van der Waals surface area contributed by atoms with Crippen LogP contribution in [-0.4, -0.2) is 0 Å². The first-order valence-corrected chi connectivity index (χ1v) is 5.91. The summed E-state index contributed by atoms with van der Waals surface area (Å²) in [6.45, 7) is 10.6. The Kier molecular flexibility index (Phi) is 7.71. The van der Waals surface area contributed by atoms with Crippen LogP contribution in [0.4, 0.5) is 0 Å². The van der Waals surface area contributed by atoms with E-state index in [9.17, 15) is 0 Å². The van der Waals surface area contributed by atoms with E-state index in [2.05, 4.69) is 65.0 Å². The lowest BCUT2D eigenvalue weighted by molar-refractivity contribution is 1.09. The molecule has 0 nitrogen and oxygen atoms in total. The van der Waals surface area contributed by atoms with Crippen LogP contribution in [0.2, 0.25) is 0 Å². The number of benzene rings is 1. The van der Waals surface area contributed by atoms with Gasteiger partial charge < -0.3 is 0 Å². The molecule has 1 aromatic rings. The molecule has 0 aliphatic heterocycles. The van der Waals surface area contributed by atoms with Crippen LogP contribution in [-0.2, 0) is 6.42 Å². The van der Waals surface area contributed by atoms with Gasteiger partial charge in [0.2, 0.25) is 0 Å². The minimum Gasteiger partial charge on any atom is -0.0841 e. The largest absolute Gasteiger partial charge is 0.0841 e. The number of allylic oxidation sites excluding steroid dienone is 2.